The Morgan fingerprint density at radius 3 is 2.76 bits per heavy atom. The predicted molar refractivity (Wildman–Crippen MR) is 114 cm³/mol. The summed E-state index contributed by atoms with van der Waals surface area (Å²) in [5.41, 5.74) is 6.78. The molecule has 1 saturated heterocycles. The van der Waals surface area contributed by atoms with Gasteiger partial charge in [0.1, 0.15) is 5.82 Å². The van der Waals surface area contributed by atoms with Crippen LogP contribution in [0.25, 0.3) is 11.3 Å². The summed E-state index contributed by atoms with van der Waals surface area (Å²) in [6.45, 7) is 8.98. The number of imidazole rings is 1. The molecule has 2 unspecified atom stereocenters. The number of nitrogen functional groups attached to an aromatic ring is 1. The fraction of sp³-hybridized carbons (Fsp3) is 0.652. The minimum atomic E-state index is -4.84. The molecule has 33 heavy (non-hydrogen) atoms. The van der Waals surface area contributed by atoms with Gasteiger partial charge in [0.05, 0.1) is 24.4 Å². The second-order valence-corrected chi connectivity index (χ2v) is 10.2. The number of ether oxygens (including phenoxy) is 2. The molecule has 5 fully saturated rings. The number of aromatic nitrogens is 3. The second kappa shape index (κ2) is 6.85. The number of hydrogen-bond acceptors (Lipinski definition) is 6. The number of fused-ring (bicyclic) bond motifs is 1. The molecule has 2 bridgehead atoms. The van der Waals surface area contributed by atoms with Crippen LogP contribution in [-0.4, -0.2) is 57.6 Å². The summed E-state index contributed by atoms with van der Waals surface area (Å²) < 4.78 is 50.4. The van der Waals surface area contributed by atoms with Crippen LogP contribution in [0.5, 0.6) is 5.75 Å². The minimum Gasteiger partial charge on any atom is -0.402 e. The lowest BCUT2D eigenvalue weighted by atomic mass is 10.1. The molecule has 2 aromatic rings. The average molecular weight is 464 g/mol. The van der Waals surface area contributed by atoms with E-state index >= 15 is 0 Å². The Balaban J connectivity index is 1.32. The molecule has 0 aromatic carbocycles. The van der Waals surface area contributed by atoms with Gasteiger partial charge in [0.15, 0.2) is 11.6 Å². The zero-order valence-corrected chi connectivity index (χ0v) is 18.8. The molecule has 0 amide bonds. The first-order chi connectivity index (χ1) is 15.6. The molecule has 178 valence electrons. The van der Waals surface area contributed by atoms with E-state index in [0.29, 0.717) is 41.1 Å². The highest BCUT2D eigenvalue weighted by Gasteiger charge is 2.94. The smallest absolute Gasteiger partial charge is 0.402 e. The topological polar surface area (TPSA) is 78.4 Å². The van der Waals surface area contributed by atoms with Crippen LogP contribution in [0.4, 0.5) is 19.0 Å². The van der Waals surface area contributed by atoms with Gasteiger partial charge in [0, 0.05) is 48.4 Å². The summed E-state index contributed by atoms with van der Waals surface area (Å²) in [5.74, 6) is 2.27. The van der Waals surface area contributed by atoms with Crippen molar-refractivity contribution in [3.63, 3.8) is 0 Å². The Kier molecular flexibility index (Phi) is 4.40. The fourth-order valence-corrected chi connectivity index (χ4v) is 6.74. The van der Waals surface area contributed by atoms with Gasteiger partial charge >= 0.3 is 6.36 Å². The third-order valence-electron chi connectivity index (χ3n) is 8.09. The van der Waals surface area contributed by atoms with Gasteiger partial charge in [-0.3, -0.25) is 4.90 Å². The predicted octanol–water partition coefficient (Wildman–Crippen LogP) is 3.61. The van der Waals surface area contributed by atoms with Crippen LogP contribution in [0.1, 0.15) is 38.9 Å². The lowest BCUT2D eigenvalue weighted by molar-refractivity contribution is -0.274. The van der Waals surface area contributed by atoms with Gasteiger partial charge in [-0.1, -0.05) is 13.8 Å². The van der Waals surface area contributed by atoms with Crippen molar-refractivity contribution in [3.05, 3.63) is 24.3 Å². The molecule has 4 aliphatic carbocycles. The van der Waals surface area contributed by atoms with Crippen molar-refractivity contribution in [1.82, 2.24) is 19.4 Å². The molecule has 3 heterocycles. The van der Waals surface area contributed by atoms with Gasteiger partial charge in [-0.25, -0.2) is 9.97 Å². The van der Waals surface area contributed by atoms with Crippen molar-refractivity contribution in [3.8, 4) is 17.0 Å². The van der Waals surface area contributed by atoms with Crippen molar-refractivity contribution < 1.29 is 22.6 Å². The highest BCUT2D eigenvalue weighted by molar-refractivity contribution is 5.64. The fourth-order valence-electron chi connectivity index (χ4n) is 6.74. The Bertz CT molecular complexity index is 1100. The van der Waals surface area contributed by atoms with Crippen LogP contribution in [0.3, 0.4) is 0 Å². The van der Waals surface area contributed by atoms with Gasteiger partial charge < -0.3 is 19.8 Å². The van der Waals surface area contributed by atoms with Crippen LogP contribution in [0.15, 0.2) is 18.5 Å². The van der Waals surface area contributed by atoms with E-state index in [-0.39, 0.29) is 17.3 Å². The molecule has 7 rings (SSSR count). The molecule has 5 aliphatic rings. The first kappa shape index (κ1) is 21.2. The largest absolute Gasteiger partial charge is 0.573 e. The number of alkyl halides is 3. The van der Waals surface area contributed by atoms with Crippen LogP contribution in [-0.2, 0) is 10.3 Å². The molecule has 0 spiro atoms. The maximum Gasteiger partial charge on any atom is 0.573 e. The average Bonchev–Trinajstić information content (AvgIpc) is 3.30. The summed E-state index contributed by atoms with van der Waals surface area (Å²) in [5, 5.41) is 0. The third kappa shape index (κ3) is 3.02. The number of nitrogens with zero attached hydrogens (tertiary/aromatic N) is 4. The SMILES string of the molecule is CC(C)c1nc(-c2cnc(N)c(OC(F)(F)F)c2)cn1[C@@]12C3C(N4CCOC[C@@H]4C)C[C@H]1[C@@H]32. The number of nitrogens with two attached hydrogens (primary N) is 1. The Labute approximate surface area is 190 Å². The number of pyridine rings is 1. The quantitative estimate of drug-likeness (QED) is 0.730. The van der Waals surface area contributed by atoms with Gasteiger partial charge in [-0.2, -0.15) is 0 Å². The van der Waals surface area contributed by atoms with Crippen molar-refractivity contribution in [2.45, 2.75) is 57.1 Å². The summed E-state index contributed by atoms with van der Waals surface area (Å²) >= 11 is 0. The van der Waals surface area contributed by atoms with Gasteiger partial charge in [-0.15, -0.1) is 13.2 Å². The first-order valence-electron chi connectivity index (χ1n) is 11.6. The molecule has 1 aliphatic heterocycles. The Morgan fingerprint density at radius 1 is 1.30 bits per heavy atom. The van der Waals surface area contributed by atoms with Gasteiger partial charge in [0.2, 0.25) is 0 Å². The second-order valence-electron chi connectivity index (χ2n) is 10.2. The van der Waals surface area contributed by atoms with Crippen LogP contribution >= 0.6 is 0 Å². The lowest BCUT2D eigenvalue weighted by Crippen LogP contribution is -2.49. The van der Waals surface area contributed by atoms with Crippen molar-refractivity contribution in [2.24, 2.45) is 17.8 Å². The van der Waals surface area contributed by atoms with Crippen molar-refractivity contribution in [1.29, 1.82) is 0 Å². The molecule has 2 aromatic heterocycles. The zero-order chi connectivity index (χ0) is 23.3. The molecular weight excluding hydrogens is 435 g/mol. The standard InChI is InChI=1S/C23H28F3N5O2/c1-11(2)21-29-15(13-6-17(20(27)28-8-13)33-23(24,25)26)9-31(21)22-14-7-16(19(22)18(14)22)30-4-5-32-10-12(30)3/h6,8-9,11-12,14,16,18-19H,4-5,7,10H2,1-3H3,(H2,27,28)/t12-,14-,16?,18-,19?,22-/m0/s1. The highest BCUT2D eigenvalue weighted by Crippen LogP contribution is 2.89. The zero-order valence-electron chi connectivity index (χ0n) is 18.8. The maximum atomic E-state index is 12.8. The first-order valence-corrected chi connectivity index (χ1v) is 11.6. The summed E-state index contributed by atoms with van der Waals surface area (Å²) in [6, 6.07) is 2.26. The van der Waals surface area contributed by atoms with Gasteiger partial charge in [0.25, 0.3) is 0 Å². The third-order valence-corrected chi connectivity index (χ3v) is 8.09. The van der Waals surface area contributed by atoms with Crippen LogP contribution in [0, 0.1) is 17.8 Å². The molecule has 4 saturated carbocycles. The lowest BCUT2D eigenvalue weighted by Gasteiger charge is -2.38. The summed E-state index contributed by atoms with van der Waals surface area (Å²) in [7, 11) is 0. The van der Waals surface area contributed by atoms with Gasteiger partial charge in [-0.05, 0) is 31.2 Å². The number of anilines is 1. The van der Waals surface area contributed by atoms with E-state index in [9.17, 15) is 13.2 Å². The normalized spacial score (nSPS) is 35.1. The number of halogens is 3. The van der Waals surface area contributed by atoms with Crippen molar-refractivity contribution in [2.75, 3.05) is 25.5 Å². The molecular formula is C23H28F3N5O2. The molecule has 6 atom stereocenters. The van der Waals surface area contributed by atoms with Crippen LogP contribution < -0.4 is 10.5 Å². The number of rotatable bonds is 5. The van der Waals surface area contributed by atoms with E-state index in [1.807, 2.05) is 6.20 Å². The maximum absolute atomic E-state index is 12.8. The Morgan fingerprint density at radius 2 is 2.09 bits per heavy atom. The molecule has 7 nitrogen and oxygen atoms in total. The molecule has 10 heteroatoms. The number of morpholine rings is 1. The van der Waals surface area contributed by atoms with E-state index < -0.39 is 12.1 Å². The summed E-state index contributed by atoms with van der Waals surface area (Å²) in [6.07, 6.45) is -0.192. The minimum absolute atomic E-state index is 0.111. The Hall–Kier alpha value is -2.33. The van der Waals surface area contributed by atoms with E-state index in [0.717, 1.165) is 25.6 Å². The molecule has 0 radical (unpaired) electrons. The monoisotopic (exact) mass is 463 g/mol. The van der Waals surface area contributed by atoms with E-state index in [4.69, 9.17) is 15.5 Å². The van der Waals surface area contributed by atoms with E-state index in [1.165, 1.54) is 18.7 Å². The van der Waals surface area contributed by atoms with Crippen molar-refractivity contribution >= 4 is 5.82 Å². The number of hydrogen-bond donors (Lipinski definition) is 1. The highest BCUT2D eigenvalue weighted by atomic mass is 19.4. The van der Waals surface area contributed by atoms with E-state index in [1.54, 1.807) is 0 Å². The van der Waals surface area contributed by atoms with Crippen LogP contribution in [0.2, 0.25) is 0 Å². The summed E-state index contributed by atoms with van der Waals surface area (Å²) in [4.78, 5) is 11.4. The van der Waals surface area contributed by atoms with E-state index in [2.05, 4.69) is 40.0 Å². The molecule has 2 N–H and O–H groups in total.